The Morgan fingerprint density at radius 2 is 2.04 bits per heavy atom. The first-order valence-electron chi connectivity index (χ1n) is 9.41. The SMILES string of the molecule is CN=C(NCCOc1ccc(F)c(F)c1)N1CCC(CN2CCCC2)C1. The van der Waals surface area contributed by atoms with Crippen LogP contribution in [0.5, 0.6) is 5.75 Å². The van der Waals surface area contributed by atoms with Gasteiger partial charge in [0.05, 0.1) is 6.54 Å². The van der Waals surface area contributed by atoms with Gasteiger partial charge in [-0.3, -0.25) is 4.99 Å². The number of likely N-dealkylation sites (tertiary alicyclic amines) is 2. The fourth-order valence-electron chi connectivity index (χ4n) is 3.74. The summed E-state index contributed by atoms with van der Waals surface area (Å²) >= 11 is 0. The molecule has 2 fully saturated rings. The largest absolute Gasteiger partial charge is 0.492 e. The van der Waals surface area contributed by atoms with Crippen LogP contribution in [0.3, 0.4) is 0 Å². The molecule has 3 rings (SSSR count). The van der Waals surface area contributed by atoms with E-state index >= 15 is 0 Å². The predicted molar refractivity (Wildman–Crippen MR) is 98.6 cm³/mol. The van der Waals surface area contributed by atoms with E-state index in [-0.39, 0.29) is 0 Å². The molecule has 2 saturated heterocycles. The van der Waals surface area contributed by atoms with Gasteiger partial charge in [0.25, 0.3) is 0 Å². The van der Waals surface area contributed by atoms with Gasteiger partial charge in [0.1, 0.15) is 12.4 Å². The molecule has 7 heteroatoms. The Bertz CT molecular complexity index is 620. The van der Waals surface area contributed by atoms with Gasteiger partial charge in [-0.05, 0) is 50.4 Å². The van der Waals surface area contributed by atoms with Crippen molar-refractivity contribution in [1.82, 2.24) is 15.1 Å². The van der Waals surface area contributed by atoms with Crippen LogP contribution in [0.4, 0.5) is 8.78 Å². The summed E-state index contributed by atoms with van der Waals surface area (Å²) in [6.07, 6.45) is 3.86. The molecule has 2 aliphatic rings. The summed E-state index contributed by atoms with van der Waals surface area (Å²) in [5.74, 6) is 0.140. The van der Waals surface area contributed by atoms with E-state index in [2.05, 4.69) is 20.1 Å². The molecule has 1 unspecified atom stereocenters. The molecule has 26 heavy (non-hydrogen) atoms. The average molecular weight is 366 g/mol. The molecule has 0 aliphatic carbocycles. The van der Waals surface area contributed by atoms with Gasteiger partial charge in [-0.2, -0.15) is 0 Å². The Hall–Kier alpha value is -1.89. The summed E-state index contributed by atoms with van der Waals surface area (Å²) in [6.45, 7) is 6.62. The lowest BCUT2D eigenvalue weighted by atomic mass is 10.1. The number of halogens is 2. The third-order valence-corrected chi connectivity index (χ3v) is 5.06. The molecule has 0 aromatic heterocycles. The minimum Gasteiger partial charge on any atom is -0.492 e. The average Bonchev–Trinajstić information content (AvgIpc) is 3.31. The smallest absolute Gasteiger partial charge is 0.193 e. The Morgan fingerprint density at radius 3 is 2.77 bits per heavy atom. The lowest BCUT2D eigenvalue weighted by molar-refractivity contribution is 0.280. The van der Waals surface area contributed by atoms with Crippen molar-refractivity contribution in [2.45, 2.75) is 19.3 Å². The first-order chi connectivity index (χ1) is 12.7. The molecule has 1 N–H and O–H groups in total. The number of nitrogens with zero attached hydrogens (tertiary/aromatic N) is 3. The summed E-state index contributed by atoms with van der Waals surface area (Å²) in [7, 11) is 1.78. The zero-order chi connectivity index (χ0) is 18.4. The first-order valence-corrected chi connectivity index (χ1v) is 9.41. The van der Waals surface area contributed by atoms with Crippen molar-refractivity contribution in [3.05, 3.63) is 29.8 Å². The monoisotopic (exact) mass is 366 g/mol. The van der Waals surface area contributed by atoms with Crippen molar-refractivity contribution in [2.75, 3.05) is 52.9 Å². The maximum absolute atomic E-state index is 13.2. The highest BCUT2D eigenvalue weighted by Gasteiger charge is 2.27. The van der Waals surface area contributed by atoms with Crippen LogP contribution in [0, 0.1) is 17.6 Å². The number of hydrogen-bond donors (Lipinski definition) is 1. The van der Waals surface area contributed by atoms with Gasteiger partial charge >= 0.3 is 0 Å². The zero-order valence-corrected chi connectivity index (χ0v) is 15.4. The number of hydrogen-bond acceptors (Lipinski definition) is 3. The van der Waals surface area contributed by atoms with Crippen molar-refractivity contribution >= 4 is 5.96 Å². The van der Waals surface area contributed by atoms with Crippen LogP contribution in [-0.4, -0.2) is 68.7 Å². The van der Waals surface area contributed by atoms with Crippen molar-refractivity contribution in [3.8, 4) is 5.75 Å². The molecule has 1 aromatic rings. The van der Waals surface area contributed by atoms with Crippen molar-refractivity contribution in [2.24, 2.45) is 10.9 Å². The van der Waals surface area contributed by atoms with Crippen molar-refractivity contribution in [3.63, 3.8) is 0 Å². The van der Waals surface area contributed by atoms with Crippen LogP contribution in [0.15, 0.2) is 23.2 Å². The third-order valence-electron chi connectivity index (χ3n) is 5.06. The van der Waals surface area contributed by atoms with E-state index in [1.54, 1.807) is 7.05 Å². The van der Waals surface area contributed by atoms with E-state index in [4.69, 9.17) is 4.74 Å². The second-order valence-corrected chi connectivity index (χ2v) is 7.01. The molecular formula is C19H28F2N4O. The maximum atomic E-state index is 13.2. The van der Waals surface area contributed by atoms with Gasteiger partial charge in [0.2, 0.25) is 0 Å². The third kappa shape index (κ3) is 5.06. The molecule has 0 saturated carbocycles. The van der Waals surface area contributed by atoms with Gasteiger partial charge in [-0.25, -0.2) is 8.78 Å². The topological polar surface area (TPSA) is 40.1 Å². The summed E-state index contributed by atoms with van der Waals surface area (Å²) in [6, 6.07) is 3.56. The van der Waals surface area contributed by atoms with E-state index in [9.17, 15) is 8.78 Å². The number of rotatable bonds is 6. The highest BCUT2D eigenvalue weighted by Crippen LogP contribution is 2.20. The van der Waals surface area contributed by atoms with Crippen LogP contribution < -0.4 is 10.1 Å². The molecular weight excluding hydrogens is 338 g/mol. The standard InChI is InChI=1S/C19H28F2N4O/c1-22-19(23-7-11-26-16-4-5-17(20)18(21)12-16)25-10-6-15(14-25)13-24-8-2-3-9-24/h4-5,12,15H,2-3,6-11,13-14H2,1H3,(H,22,23). The lowest BCUT2D eigenvalue weighted by Gasteiger charge is -2.23. The molecule has 0 amide bonds. The normalized spacial score (nSPS) is 21.4. The molecule has 5 nitrogen and oxygen atoms in total. The highest BCUT2D eigenvalue weighted by atomic mass is 19.2. The quantitative estimate of drug-likeness (QED) is 0.477. The maximum Gasteiger partial charge on any atom is 0.193 e. The van der Waals surface area contributed by atoms with Crippen LogP contribution in [0.25, 0.3) is 0 Å². The van der Waals surface area contributed by atoms with Crippen LogP contribution in [-0.2, 0) is 0 Å². The van der Waals surface area contributed by atoms with Crippen LogP contribution in [0.2, 0.25) is 0 Å². The Morgan fingerprint density at radius 1 is 1.23 bits per heavy atom. The Kier molecular flexibility index (Phi) is 6.66. The summed E-state index contributed by atoms with van der Waals surface area (Å²) in [5.41, 5.74) is 0. The minimum absolute atomic E-state index is 0.326. The van der Waals surface area contributed by atoms with Gasteiger partial charge < -0.3 is 19.9 Å². The second-order valence-electron chi connectivity index (χ2n) is 7.01. The molecule has 144 valence electrons. The Labute approximate surface area is 154 Å². The Balaban J connectivity index is 1.38. The molecule has 0 radical (unpaired) electrons. The van der Waals surface area contributed by atoms with Crippen LogP contribution >= 0.6 is 0 Å². The lowest BCUT2D eigenvalue weighted by Crippen LogP contribution is -2.42. The number of aliphatic imine (C=N–C) groups is 1. The number of benzene rings is 1. The van der Waals surface area contributed by atoms with E-state index in [0.717, 1.165) is 31.2 Å². The van der Waals surface area contributed by atoms with Crippen LogP contribution in [0.1, 0.15) is 19.3 Å². The fraction of sp³-hybridized carbons (Fsp3) is 0.632. The van der Waals surface area contributed by atoms with Gasteiger partial charge in [-0.15, -0.1) is 0 Å². The van der Waals surface area contributed by atoms with Gasteiger partial charge in [0, 0.05) is 32.7 Å². The molecule has 0 spiro atoms. The molecule has 2 aliphatic heterocycles. The van der Waals surface area contributed by atoms with E-state index in [0.29, 0.717) is 24.8 Å². The fourth-order valence-corrected chi connectivity index (χ4v) is 3.74. The predicted octanol–water partition coefficient (Wildman–Crippen LogP) is 2.34. The van der Waals surface area contributed by atoms with E-state index < -0.39 is 11.6 Å². The molecule has 2 heterocycles. The molecule has 0 bridgehead atoms. The summed E-state index contributed by atoms with van der Waals surface area (Å²) < 4.78 is 31.5. The number of ether oxygens (including phenoxy) is 1. The minimum atomic E-state index is -0.896. The molecule has 1 aromatic carbocycles. The van der Waals surface area contributed by atoms with E-state index in [1.165, 1.54) is 45.0 Å². The summed E-state index contributed by atoms with van der Waals surface area (Å²) in [4.78, 5) is 9.22. The summed E-state index contributed by atoms with van der Waals surface area (Å²) in [5, 5.41) is 3.29. The zero-order valence-electron chi connectivity index (χ0n) is 15.4. The van der Waals surface area contributed by atoms with E-state index in [1.807, 2.05) is 0 Å². The van der Waals surface area contributed by atoms with Gasteiger partial charge in [0.15, 0.2) is 17.6 Å². The number of guanidine groups is 1. The first kappa shape index (κ1) is 18.9. The highest BCUT2D eigenvalue weighted by molar-refractivity contribution is 5.80. The number of nitrogens with one attached hydrogen (secondary N) is 1. The molecule has 1 atom stereocenters. The van der Waals surface area contributed by atoms with Crippen molar-refractivity contribution < 1.29 is 13.5 Å². The van der Waals surface area contributed by atoms with Gasteiger partial charge in [-0.1, -0.05) is 0 Å². The second kappa shape index (κ2) is 9.16. The van der Waals surface area contributed by atoms with Crippen molar-refractivity contribution in [1.29, 1.82) is 0 Å².